The van der Waals surface area contributed by atoms with E-state index in [4.69, 9.17) is 11.6 Å². The Balaban J connectivity index is 2.59. The molecular weight excluding hydrogens is 262 g/mol. The third kappa shape index (κ3) is 5.19. The first kappa shape index (κ1) is 14.0. The fraction of sp³-hybridized carbons (Fsp3) is 0.364. The van der Waals surface area contributed by atoms with E-state index >= 15 is 0 Å². The smallest absolute Gasteiger partial charge is 0.225 e. The van der Waals surface area contributed by atoms with Crippen LogP contribution in [-0.4, -0.2) is 26.3 Å². The van der Waals surface area contributed by atoms with Crippen molar-refractivity contribution in [2.24, 2.45) is 0 Å². The minimum absolute atomic E-state index is 0.0513. The van der Waals surface area contributed by atoms with E-state index in [9.17, 15) is 13.2 Å². The second-order valence-corrected chi connectivity index (χ2v) is 6.56. The van der Waals surface area contributed by atoms with Gasteiger partial charge in [0.2, 0.25) is 5.91 Å². The maximum Gasteiger partial charge on any atom is 0.225 e. The number of nitrogens with one attached hydrogen (secondary N) is 1. The number of hydrogen-bond donors (Lipinski definition) is 1. The van der Waals surface area contributed by atoms with E-state index in [-0.39, 0.29) is 18.1 Å². The lowest BCUT2D eigenvalue weighted by atomic mass is 10.2. The van der Waals surface area contributed by atoms with Crippen LogP contribution in [0, 0.1) is 6.92 Å². The summed E-state index contributed by atoms with van der Waals surface area (Å²) in [5.41, 5.74) is 1.49. The number of carbonyl (C=O) groups excluding carboxylic acids is 1. The Hall–Kier alpha value is -1.07. The van der Waals surface area contributed by atoms with Gasteiger partial charge in [-0.15, -0.1) is 0 Å². The van der Waals surface area contributed by atoms with Crippen molar-refractivity contribution in [2.75, 3.05) is 17.3 Å². The minimum atomic E-state index is -3.11. The molecule has 0 aliphatic heterocycles. The zero-order valence-electron chi connectivity index (χ0n) is 9.66. The van der Waals surface area contributed by atoms with E-state index in [1.165, 1.54) is 0 Å². The van der Waals surface area contributed by atoms with Gasteiger partial charge < -0.3 is 5.32 Å². The summed E-state index contributed by atoms with van der Waals surface area (Å²) in [5.74, 6) is -0.492. The van der Waals surface area contributed by atoms with Gasteiger partial charge in [-0.25, -0.2) is 8.42 Å². The molecule has 0 spiro atoms. The Morgan fingerprint density at radius 3 is 2.59 bits per heavy atom. The third-order valence-electron chi connectivity index (χ3n) is 2.16. The van der Waals surface area contributed by atoms with Crippen LogP contribution < -0.4 is 5.32 Å². The normalized spacial score (nSPS) is 11.2. The van der Waals surface area contributed by atoms with Gasteiger partial charge in [0.1, 0.15) is 9.84 Å². The average Bonchev–Trinajstić information content (AvgIpc) is 2.20. The molecule has 0 fully saturated rings. The van der Waals surface area contributed by atoms with E-state index in [2.05, 4.69) is 5.32 Å². The fourth-order valence-corrected chi connectivity index (χ4v) is 1.91. The van der Waals surface area contributed by atoms with E-state index < -0.39 is 9.84 Å². The number of sulfone groups is 1. The molecule has 0 atom stereocenters. The van der Waals surface area contributed by atoms with E-state index in [1.807, 2.05) is 6.92 Å². The molecule has 1 N–H and O–H groups in total. The second kappa shape index (κ2) is 5.51. The highest BCUT2D eigenvalue weighted by atomic mass is 35.5. The molecule has 0 saturated carbocycles. The van der Waals surface area contributed by atoms with Gasteiger partial charge in [0.05, 0.1) is 5.75 Å². The van der Waals surface area contributed by atoms with E-state index in [0.717, 1.165) is 11.8 Å². The summed E-state index contributed by atoms with van der Waals surface area (Å²) in [7, 11) is -3.11. The Morgan fingerprint density at radius 2 is 2.06 bits per heavy atom. The van der Waals surface area contributed by atoms with Crippen LogP contribution in [0.5, 0.6) is 0 Å². The van der Waals surface area contributed by atoms with Crippen molar-refractivity contribution in [2.45, 2.75) is 13.3 Å². The summed E-state index contributed by atoms with van der Waals surface area (Å²) in [6.07, 6.45) is 1.05. The van der Waals surface area contributed by atoms with Gasteiger partial charge in [0.15, 0.2) is 0 Å². The molecule has 0 aliphatic rings. The van der Waals surface area contributed by atoms with Gasteiger partial charge >= 0.3 is 0 Å². The Kier molecular flexibility index (Phi) is 4.54. The van der Waals surface area contributed by atoms with Gasteiger partial charge in [-0.2, -0.15) is 0 Å². The minimum Gasteiger partial charge on any atom is -0.326 e. The molecule has 0 bridgehead atoms. The standard InChI is InChI=1S/C11H14ClNO3S/c1-8-3-4-9(7-10(8)12)13-11(14)5-6-17(2,15)16/h3-4,7H,5-6H2,1-2H3,(H,13,14). The maximum atomic E-state index is 11.4. The van der Waals surface area contributed by atoms with Crippen LogP contribution in [0.3, 0.4) is 0 Å². The molecule has 4 nitrogen and oxygen atoms in total. The summed E-state index contributed by atoms with van der Waals surface area (Å²) >= 11 is 5.90. The number of benzene rings is 1. The summed E-state index contributed by atoms with van der Waals surface area (Å²) in [4.78, 5) is 11.4. The van der Waals surface area contributed by atoms with Crippen LogP contribution >= 0.6 is 11.6 Å². The molecule has 6 heteroatoms. The molecule has 0 radical (unpaired) electrons. The van der Waals surface area contributed by atoms with Gasteiger partial charge in [-0.1, -0.05) is 17.7 Å². The van der Waals surface area contributed by atoms with E-state index in [1.54, 1.807) is 18.2 Å². The maximum absolute atomic E-state index is 11.4. The molecule has 0 unspecified atom stereocenters. The monoisotopic (exact) mass is 275 g/mol. The summed E-state index contributed by atoms with van der Waals surface area (Å²) in [5, 5.41) is 3.16. The number of hydrogen-bond acceptors (Lipinski definition) is 3. The predicted molar refractivity (Wildman–Crippen MR) is 69.1 cm³/mol. The Morgan fingerprint density at radius 1 is 1.41 bits per heavy atom. The molecular formula is C11H14ClNO3S. The van der Waals surface area contributed by atoms with Crippen LogP contribution in [0.15, 0.2) is 18.2 Å². The highest BCUT2D eigenvalue weighted by Crippen LogP contribution is 2.19. The zero-order chi connectivity index (χ0) is 13.1. The Labute approximate surface area is 106 Å². The lowest BCUT2D eigenvalue weighted by molar-refractivity contribution is -0.115. The molecule has 0 aromatic heterocycles. The number of anilines is 1. The van der Waals surface area contributed by atoms with Crippen molar-refractivity contribution in [1.82, 2.24) is 0 Å². The predicted octanol–water partition coefficient (Wildman–Crippen LogP) is 2.02. The first-order chi connectivity index (χ1) is 7.78. The zero-order valence-corrected chi connectivity index (χ0v) is 11.2. The van der Waals surface area contributed by atoms with Crippen molar-refractivity contribution < 1.29 is 13.2 Å². The van der Waals surface area contributed by atoms with Crippen LogP contribution in [-0.2, 0) is 14.6 Å². The number of amides is 1. The molecule has 94 valence electrons. The van der Waals surface area contributed by atoms with Crippen molar-refractivity contribution in [3.05, 3.63) is 28.8 Å². The average molecular weight is 276 g/mol. The van der Waals surface area contributed by atoms with Crippen LogP contribution in [0.1, 0.15) is 12.0 Å². The molecule has 0 saturated heterocycles. The fourth-order valence-electron chi connectivity index (χ4n) is 1.17. The van der Waals surface area contributed by atoms with Crippen molar-refractivity contribution in [1.29, 1.82) is 0 Å². The lowest BCUT2D eigenvalue weighted by Crippen LogP contribution is -2.16. The van der Waals surface area contributed by atoms with Gasteiger partial charge in [-0.05, 0) is 24.6 Å². The van der Waals surface area contributed by atoms with Crippen LogP contribution in [0.25, 0.3) is 0 Å². The molecule has 0 aliphatic carbocycles. The van der Waals surface area contributed by atoms with Gasteiger partial charge in [0, 0.05) is 23.4 Å². The van der Waals surface area contributed by atoms with Crippen LogP contribution in [0.2, 0.25) is 5.02 Å². The van der Waals surface area contributed by atoms with Crippen LogP contribution in [0.4, 0.5) is 5.69 Å². The first-order valence-electron chi connectivity index (χ1n) is 5.01. The first-order valence-corrected chi connectivity index (χ1v) is 7.45. The van der Waals surface area contributed by atoms with Crippen molar-refractivity contribution in [3.8, 4) is 0 Å². The third-order valence-corrected chi connectivity index (χ3v) is 3.51. The molecule has 1 rings (SSSR count). The molecule has 1 aromatic rings. The van der Waals surface area contributed by atoms with Gasteiger partial charge in [0.25, 0.3) is 0 Å². The topological polar surface area (TPSA) is 63.2 Å². The van der Waals surface area contributed by atoms with Crippen molar-refractivity contribution in [3.63, 3.8) is 0 Å². The molecule has 1 amide bonds. The number of rotatable bonds is 4. The summed E-state index contributed by atoms with van der Waals surface area (Å²) in [6, 6.07) is 5.14. The van der Waals surface area contributed by atoms with E-state index in [0.29, 0.717) is 10.7 Å². The largest absolute Gasteiger partial charge is 0.326 e. The lowest BCUT2D eigenvalue weighted by Gasteiger charge is -2.06. The Bertz CT molecular complexity index is 526. The second-order valence-electron chi connectivity index (χ2n) is 3.89. The highest BCUT2D eigenvalue weighted by Gasteiger charge is 2.08. The summed E-state index contributed by atoms with van der Waals surface area (Å²) in [6.45, 7) is 1.86. The highest BCUT2D eigenvalue weighted by molar-refractivity contribution is 7.90. The molecule has 1 aromatic carbocycles. The SMILES string of the molecule is Cc1ccc(NC(=O)CCS(C)(=O)=O)cc1Cl. The number of halogens is 1. The molecule has 17 heavy (non-hydrogen) atoms. The van der Waals surface area contributed by atoms with Gasteiger partial charge in [-0.3, -0.25) is 4.79 Å². The summed E-state index contributed by atoms with van der Waals surface area (Å²) < 4.78 is 21.8. The van der Waals surface area contributed by atoms with Crippen molar-refractivity contribution >= 4 is 33.0 Å². The molecule has 0 heterocycles. The number of aryl methyl sites for hydroxylation is 1. The quantitative estimate of drug-likeness (QED) is 0.914. The number of carbonyl (C=O) groups is 1.